The van der Waals surface area contributed by atoms with Crippen molar-refractivity contribution in [3.63, 3.8) is 0 Å². The van der Waals surface area contributed by atoms with Crippen molar-refractivity contribution >= 4 is 5.57 Å². The Morgan fingerprint density at radius 2 is 1.91 bits per heavy atom. The van der Waals surface area contributed by atoms with Crippen molar-refractivity contribution in [2.45, 2.75) is 32.1 Å². The van der Waals surface area contributed by atoms with Crippen LogP contribution in [-0.4, -0.2) is 31.0 Å². The van der Waals surface area contributed by atoms with Crippen molar-refractivity contribution in [1.82, 2.24) is 4.68 Å². The van der Waals surface area contributed by atoms with Crippen molar-refractivity contribution in [1.29, 1.82) is 0 Å². The van der Waals surface area contributed by atoms with Gasteiger partial charge in [-0.3, -0.25) is 4.68 Å². The average Bonchev–Trinajstić information content (AvgIpc) is 3.25. The molecule has 4 nitrogen and oxygen atoms in total. The average molecular weight is 460 g/mol. The van der Waals surface area contributed by atoms with E-state index >= 15 is 0 Å². The Hall–Kier alpha value is -3.31. The van der Waals surface area contributed by atoms with Crippen LogP contribution in [0.15, 0.2) is 85.3 Å². The van der Waals surface area contributed by atoms with E-state index in [0.29, 0.717) is 13.2 Å². The van der Waals surface area contributed by atoms with Crippen LogP contribution in [0, 0.1) is 5.82 Å². The van der Waals surface area contributed by atoms with Crippen LogP contribution in [0.4, 0.5) is 4.39 Å². The molecule has 0 atom stereocenters. The number of morpholine rings is 1. The fraction of sp³-hybridized carbons (Fsp3) is 0.310. The zero-order valence-corrected chi connectivity index (χ0v) is 19.8. The molecule has 2 N–H and O–H groups in total. The molecule has 1 aliphatic carbocycles. The summed E-state index contributed by atoms with van der Waals surface area (Å²) >= 11 is 0. The Bertz CT molecular complexity index is 1100. The Kier molecular flexibility index (Phi) is 8.21. The highest BCUT2D eigenvalue weighted by molar-refractivity contribution is 5.88. The van der Waals surface area contributed by atoms with E-state index in [0.717, 1.165) is 67.5 Å². The molecule has 2 aliphatic rings. The van der Waals surface area contributed by atoms with E-state index in [1.54, 1.807) is 12.3 Å². The van der Waals surface area contributed by atoms with Crippen LogP contribution in [0.2, 0.25) is 0 Å². The van der Waals surface area contributed by atoms with Crippen molar-refractivity contribution in [2.24, 2.45) is 5.73 Å². The molecule has 34 heavy (non-hydrogen) atoms. The fourth-order valence-corrected chi connectivity index (χ4v) is 4.73. The van der Waals surface area contributed by atoms with E-state index in [9.17, 15) is 4.39 Å². The van der Waals surface area contributed by atoms with Gasteiger partial charge in [0.2, 0.25) is 0 Å². The predicted octanol–water partition coefficient (Wildman–Crippen LogP) is 5.90. The summed E-state index contributed by atoms with van der Waals surface area (Å²) in [6.07, 6.45) is 21.6. The van der Waals surface area contributed by atoms with Crippen LogP contribution in [0.3, 0.4) is 0 Å². The fourth-order valence-electron chi connectivity index (χ4n) is 4.73. The summed E-state index contributed by atoms with van der Waals surface area (Å²) in [4.78, 5) is 0. The van der Waals surface area contributed by atoms with Crippen LogP contribution < -0.4 is 10.7 Å². The molecule has 0 radical (unpaired) electrons. The van der Waals surface area contributed by atoms with Crippen LogP contribution in [-0.2, 0) is 11.2 Å². The first-order valence-electron chi connectivity index (χ1n) is 12.1. The Labute approximate surface area is 202 Å². The summed E-state index contributed by atoms with van der Waals surface area (Å²) in [7, 11) is 0. The van der Waals surface area contributed by atoms with E-state index < -0.39 is 0 Å². The summed E-state index contributed by atoms with van der Waals surface area (Å²) < 4.78 is 21.6. The molecule has 2 aromatic rings. The number of aromatic nitrogens is 1. The highest BCUT2D eigenvalue weighted by atomic mass is 19.1. The molecule has 5 heteroatoms. The summed E-state index contributed by atoms with van der Waals surface area (Å²) in [5, 5.41) is 2.34. The topological polar surface area (TPSA) is 43.4 Å². The molecule has 1 aromatic carbocycles. The molecule has 1 saturated heterocycles. The van der Waals surface area contributed by atoms with Gasteiger partial charge in [-0.1, -0.05) is 54.7 Å². The zero-order chi connectivity index (χ0) is 23.8. The number of hydrogen-bond donors (Lipinski definition) is 1. The third kappa shape index (κ3) is 5.60. The second-order valence-electron chi connectivity index (χ2n) is 8.61. The molecular formula is C29H34FN3O. The molecule has 0 bridgehead atoms. The summed E-state index contributed by atoms with van der Waals surface area (Å²) in [5.41, 5.74) is 12.6. The van der Waals surface area contributed by atoms with Crippen molar-refractivity contribution < 1.29 is 9.13 Å². The number of nitrogens with zero attached hydrogens (tertiary/aromatic N) is 2. The smallest absolute Gasteiger partial charge is 0.123 e. The minimum Gasteiger partial charge on any atom is -0.405 e. The van der Waals surface area contributed by atoms with Gasteiger partial charge < -0.3 is 15.5 Å². The quantitative estimate of drug-likeness (QED) is 0.475. The van der Waals surface area contributed by atoms with Crippen molar-refractivity contribution in [3.05, 3.63) is 102 Å². The third-order valence-corrected chi connectivity index (χ3v) is 6.35. The number of halogens is 1. The van der Waals surface area contributed by atoms with Gasteiger partial charge in [-0.15, -0.1) is 0 Å². The molecular weight excluding hydrogens is 425 g/mol. The first-order chi connectivity index (χ1) is 16.7. The molecule has 178 valence electrons. The number of nitrogens with two attached hydrogens (primary N) is 1. The van der Waals surface area contributed by atoms with E-state index in [4.69, 9.17) is 10.5 Å². The molecule has 4 rings (SSSR count). The van der Waals surface area contributed by atoms with E-state index in [1.807, 2.05) is 24.3 Å². The van der Waals surface area contributed by atoms with E-state index in [2.05, 4.69) is 40.7 Å². The molecule has 2 heterocycles. The molecule has 0 saturated carbocycles. The standard InChI is InChI=1S/C29H34FN3O/c1-2-7-25(16-17-31)29-27(24-12-14-26(30)15-13-24)22-33(32-18-20-34-21-19-32)28(29)11-6-10-23-8-4-3-5-9-23/h2,4,7-9,12-17,22H,1,3,5-6,10-11,18-21,31H2/b17-16-,25-7+. The highest BCUT2D eigenvalue weighted by Gasteiger charge is 2.23. The van der Waals surface area contributed by atoms with Gasteiger partial charge in [-0.2, -0.15) is 0 Å². The minimum absolute atomic E-state index is 0.240. The van der Waals surface area contributed by atoms with Crippen molar-refractivity contribution in [2.75, 3.05) is 31.3 Å². The highest BCUT2D eigenvalue weighted by Crippen LogP contribution is 2.36. The summed E-state index contributed by atoms with van der Waals surface area (Å²) in [6, 6.07) is 6.72. The van der Waals surface area contributed by atoms with E-state index in [1.165, 1.54) is 23.4 Å². The molecule has 0 amide bonds. The lowest BCUT2D eigenvalue weighted by Gasteiger charge is -2.31. The normalized spacial score (nSPS) is 16.8. The zero-order valence-electron chi connectivity index (χ0n) is 19.8. The monoisotopic (exact) mass is 459 g/mol. The minimum atomic E-state index is -0.240. The van der Waals surface area contributed by atoms with Crippen LogP contribution in [0.25, 0.3) is 16.7 Å². The van der Waals surface area contributed by atoms with Gasteiger partial charge in [0.15, 0.2) is 0 Å². The van der Waals surface area contributed by atoms with Crippen molar-refractivity contribution in [3.8, 4) is 11.1 Å². The summed E-state index contributed by atoms with van der Waals surface area (Å²) in [5.74, 6) is -0.240. The lowest BCUT2D eigenvalue weighted by Crippen LogP contribution is -2.44. The predicted molar refractivity (Wildman–Crippen MR) is 139 cm³/mol. The number of hydrogen-bond acceptors (Lipinski definition) is 3. The van der Waals surface area contributed by atoms with Gasteiger partial charge in [0, 0.05) is 23.0 Å². The van der Waals surface area contributed by atoms with Crippen LogP contribution in [0.1, 0.15) is 36.9 Å². The third-order valence-electron chi connectivity index (χ3n) is 6.35. The number of rotatable bonds is 9. The first kappa shape index (κ1) is 23.8. The largest absolute Gasteiger partial charge is 0.405 e. The maximum absolute atomic E-state index is 13.7. The molecule has 1 aliphatic heterocycles. The Morgan fingerprint density at radius 3 is 2.59 bits per heavy atom. The number of ether oxygens (including phenoxy) is 1. The Balaban J connectivity index is 1.80. The van der Waals surface area contributed by atoms with E-state index in [-0.39, 0.29) is 5.82 Å². The second kappa shape index (κ2) is 11.7. The first-order valence-corrected chi connectivity index (χ1v) is 12.1. The molecule has 0 spiro atoms. The lowest BCUT2D eigenvalue weighted by molar-refractivity contribution is 0.111. The maximum atomic E-state index is 13.7. The van der Waals surface area contributed by atoms with Gasteiger partial charge in [0.05, 0.1) is 26.3 Å². The SMILES string of the molecule is C=C/C=C(\C=C/N)c1c(-c2ccc(F)cc2)cn(N2CCOCC2)c1CCCC1=CCCC=C1. The van der Waals surface area contributed by atoms with Gasteiger partial charge in [0.25, 0.3) is 0 Å². The molecule has 0 unspecified atom stereocenters. The Morgan fingerprint density at radius 1 is 1.12 bits per heavy atom. The van der Waals surface area contributed by atoms with Crippen LogP contribution in [0.5, 0.6) is 0 Å². The second-order valence-corrected chi connectivity index (χ2v) is 8.61. The van der Waals surface area contributed by atoms with Gasteiger partial charge >= 0.3 is 0 Å². The van der Waals surface area contributed by atoms with Crippen LogP contribution >= 0.6 is 0 Å². The lowest BCUT2D eigenvalue weighted by atomic mass is 9.93. The summed E-state index contributed by atoms with van der Waals surface area (Å²) in [6.45, 7) is 6.98. The maximum Gasteiger partial charge on any atom is 0.123 e. The van der Waals surface area contributed by atoms with Gasteiger partial charge in [-0.05, 0) is 67.6 Å². The number of benzene rings is 1. The molecule has 1 aromatic heterocycles. The van der Waals surface area contributed by atoms with Gasteiger partial charge in [-0.25, -0.2) is 4.39 Å². The van der Waals surface area contributed by atoms with Gasteiger partial charge in [0.1, 0.15) is 5.82 Å². The molecule has 1 fully saturated rings. The number of allylic oxidation sites excluding steroid dienone is 8.